The van der Waals surface area contributed by atoms with E-state index in [0.29, 0.717) is 22.8 Å². The molecule has 1 saturated heterocycles. The standard InChI is InChI=1S/C15H18ClN3O2/c1-10(20)12-4-5-19(8-12)9-15(21)18-14-6-13(16)3-2-11(14)7-17/h2-3,6,10,12,20H,4-5,8-9H2,1H3,(H,18,21). The third-order valence-corrected chi connectivity index (χ3v) is 3.97. The van der Waals surface area contributed by atoms with Crippen molar-refractivity contribution in [2.24, 2.45) is 5.92 Å². The van der Waals surface area contributed by atoms with Crippen LogP contribution in [-0.4, -0.2) is 41.7 Å². The highest BCUT2D eigenvalue weighted by atomic mass is 35.5. The van der Waals surface area contributed by atoms with Gasteiger partial charge in [0.05, 0.1) is 23.9 Å². The van der Waals surface area contributed by atoms with Gasteiger partial charge in [-0.1, -0.05) is 11.6 Å². The fourth-order valence-electron chi connectivity index (χ4n) is 2.51. The van der Waals surface area contributed by atoms with Crippen molar-refractivity contribution in [3.05, 3.63) is 28.8 Å². The van der Waals surface area contributed by atoms with E-state index in [9.17, 15) is 9.90 Å². The molecule has 1 heterocycles. The normalized spacial score (nSPS) is 20.0. The van der Waals surface area contributed by atoms with E-state index in [2.05, 4.69) is 5.32 Å². The number of halogens is 1. The number of nitrogens with one attached hydrogen (secondary N) is 1. The maximum atomic E-state index is 12.1. The van der Waals surface area contributed by atoms with E-state index in [-0.39, 0.29) is 24.5 Å². The summed E-state index contributed by atoms with van der Waals surface area (Å²) in [7, 11) is 0. The monoisotopic (exact) mass is 307 g/mol. The second kappa shape index (κ2) is 6.90. The second-order valence-electron chi connectivity index (χ2n) is 5.37. The van der Waals surface area contributed by atoms with Gasteiger partial charge in [-0.25, -0.2) is 0 Å². The molecule has 1 aromatic rings. The number of likely N-dealkylation sites (tertiary alicyclic amines) is 1. The summed E-state index contributed by atoms with van der Waals surface area (Å²) < 4.78 is 0. The number of anilines is 1. The van der Waals surface area contributed by atoms with Gasteiger partial charge in [-0.15, -0.1) is 0 Å². The lowest BCUT2D eigenvalue weighted by Gasteiger charge is -2.17. The zero-order valence-corrected chi connectivity index (χ0v) is 12.6. The molecule has 0 spiro atoms. The Morgan fingerprint density at radius 2 is 2.43 bits per heavy atom. The Balaban J connectivity index is 1.94. The summed E-state index contributed by atoms with van der Waals surface area (Å²) in [5, 5.41) is 21.8. The summed E-state index contributed by atoms with van der Waals surface area (Å²) in [4.78, 5) is 14.1. The molecule has 6 heteroatoms. The molecule has 0 aliphatic carbocycles. The van der Waals surface area contributed by atoms with E-state index in [1.807, 2.05) is 11.0 Å². The highest BCUT2D eigenvalue weighted by Gasteiger charge is 2.27. The van der Waals surface area contributed by atoms with Crippen molar-refractivity contribution in [2.75, 3.05) is 25.0 Å². The number of aliphatic hydroxyl groups excluding tert-OH is 1. The molecule has 0 radical (unpaired) electrons. The molecule has 0 bridgehead atoms. The predicted octanol–water partition coefficient (Wildman–Crippen LogP) is 1.85. The highest BCUT2D eigenvalue weighted by Crippen LogP contribution is 2.22. The molecular weight excluding hydrogens is 290 g/mol. The van der Waals surface area contributed by atoms with Crippen LogP contribution in [0.25, 0.3) is 0 Å². The van der Waals surface area contributed by atoms with Gasteiger partial charge in [0.25, 0.3) is 0 Å². The molecule has 5 nitrogen and oxygen atoms in total. The maximum absolute atomic E-state index is 12.1. The van der Waals surface area contributed by atoms with Gasteiger partial charge in [-0.2, -0.15) is 5.26 Å². The van der Waals surface area contributed by atoms with Crippen LogP contribution >= 0.6 is 11.6 Å². The zero-order chi connectivity index (χ0) is 15.4. The van der Waals surface area contributed by atoms with E-state index < -0.39 is 0 Å². The fraction of sp³-hybridized carbons (Fsp3) is 0.467. The third kappa shape index (κ3) is 4.18. The minimum absolute atomic E-state index is 0.181. The van der Waals surface area contributed by atoms with Crippen molar-refractivity contribution in [2.45, 2.75) is 19.4 Å². The first-order chi connectivity index (χ1) is 9.99. The van der Waals surface area contributed by atoms with Crippen LogP contribution in [0.3, 0.4) is 0 Å². The Labute approximate surface area is 129 Å². The summed E-state index contributed by atoms with van der Waals surface area (Å²) in [6.07, 6.45) is 0.544. The Morgan fingerprint density at radius 1 is 1.67 bits per heavy atom. The largest absolute Gasteiger partial charge is 0.393 e. The topological polar surface area (TPSA) is 76.4 Å². The lowest BCUT2D eigenvalue weighted by Crippen LogP contribution is -2.32. The quantitative estimate of drug-likeness (QED) is 0.890. The molecule has 0 aromatic heterocycles. The molecule has 1 aliphatic rings. The van der Waals surface area contributed by atoms with E-state index in [1.54, 1.807) is 25.1 Å². The molecule has 1 aliphatic heterocycles. The molecule has 1 amide bonds. The number of benzene rings is 1. The number of carbonyl (C=O) groups is 1. The van der Waals surface area contributed by atoms with Crippen molar-refractivity contribution < 1.29 is 9.90 Å². The van der Waals surface area contributed by atoms with Crippen LogP contribution in [0, 0.1) is 17.2 Å². The Kier molecular flexibility index (Phi) is 5.18. The molecule has 1 fully saturated rings. The lowest BCUT2D eigenvalue weighted by molar-refractivity contribution is -0.117. The third-order valence-electron chi connectivity index (χ3n) is 3.73. The van der Waals surface area contributed by atoms with Crippen LogP contribution in [0.2, 0.25) is 5.02 Å². The van der Waals surface area contributed by atoms with Gasteiger partial charge >= 0.3 is 0 Å². The predicted molar refractivity (Wildman–Crippen MR) is 81.0 cm³/mol. The first-order valence-electron chi connectivity index (χ1n) is 6.89. The number of hydrogen-bond donors (Lipinski definition) is 2. The summed E-state index contributed by atoms with van der Waals surface area (Å²) in [5.41, 5.74) is 0.817. The van der Waals surface area contributed by atoms with Crippen molar-refractivity contribution in [1.29, 1.82) is 5.26 Å². The first kappa shape index (κ1) is 15.8. The summed E-state index contributed by atoms with van der Waals surface area (Å²) in [5.74, 6) is 0.0404. The van der Waals surface area contributed by atoms with Gasteiger partial charge in [0.15, 0.2) is 0 Å². The molecule has 112 valence electrons. The Morgan fingerprint density at radius 3 is 3.05 bits per heavy atom. The molecule has 2 rings (SSSR count). The zero-order valence-electron chi connectivity index (χ0n) is 11.8. The van der Waals surface area contributed by atoms with Gasteiger partial charge in [0, 0.05) is 11.6 Å². The SMILES string of the molecule is CC(O)C1CCN(CC(=O)Nc2cc(Cl)ccc2C#N)C1. The fourth-order valence-corrected chi connectivity index (χ4v) is 2.68. The number of aliphatic hydroxyl groups is 1. The first-order valence-corrected chi connectivity index (χ1v) is 7.27. The molecule has 0 saturated carbocycles. The minimum Gasteiger partial charge on any atom is -0.393 e. The molecule has 1 aromatic carbocycles. The van der Waals surface area contributed by atoms with Crippen LogP contribution in [0.1, 0.15) is 18.9 Å². The molecule has 21 heavy (non-hydrogen) atoms. The van der Waals surface area contributed by atoms with Crippen molar-refractivity contribution in [1.82, 2.24) is 4.90 Å². The lowest BCUT2D eigenvalue weighted by atomic mass is 10.0. The second-order valence-corrected chi connectivity index (χ2v) is 5.81. The van der Waals surface area contributed by atoms with E-state index in [1.165, 1.54) is 0 Å². The van der Waals surface area contributed by atoms with Crippen molar-refractivity contribution in [3.63, 3.8) is 0 Å². The van der Waals surface area contributed by atoms with Crippen LogP contribution in [0.15, 0.2) is 18.2 Å². The molecule has 2 atom stereocenters. The van der Waals surface area contributed by atoms with Gasteiger partial charge in [-0.3, -0.25) is 9.69 Å². The number of hydrogen-bond acceptors (Lipinski definition) is 4. The Hall–Kier alpha value is -1.61. The minimum atomic E-state index is -0.351. The molecule has 2 N–H and O–H groups in total. The van der Waals surface area contributed by atoms with E-state index >= 15 is 0 Å². The van der Waals surface area contributed by atoms with Gasteiger partial charge in [0.1, 0.15) is 6.07 Å². The van der Waals surface area contributed by atoms with Crippen molar-refractivity contribution in [3.8, 4) is 6.07 Å². The average Bonchev–Trinajstić information content (AvgIpc) is 2.87. The smallest absolute Gasteiger partial charge is 0.238 e. The maximum Gasteiger partial charge on any atom is 0.238 e. The van der Waals surface area contributed by atoms with Crippen LogP contribution < -0.4 is 5.32 Å². The van der Waals surface area contributed by atoms with Gasteiger partial charge in [-0.05, 0) is 44.0 Å². The molecule has 2 unspecified atom stereocenters. The number of nitrogens with zero attached hydrogens (tertiary/aromatic N) is 2. The summed E-state index contributed by atoms with van der Waals surface area (Å²) >= 11 is 5.88. The molecular formula is C15H18ClN3O2. The number of carbonyl (C=O) groups excluding carboxylic acids is 1. The summed E-state index contributed by atoms with van der Waals surface area (Å²) in [6, 6.07) is 6.79. The summed E-state index contributed by atoms with van der Waals surface area (Å²) in [6.45, 7) is 3.54. The van der Waals surface area contributed by atoms with E-state index in [4.69, 9.17) is 16.9 Å². The van der Waals surface area contributed by atoms with Crippen LogP contribution in [0.5, 0.6) is 0 Å². The van der Waals surface area contributed by atoms with Crippen LogP contribution in [-0.2, 0) is 4.79 Å². The average molecular weight is 308 g/mol. The Bertz CT molecular complexity index is 569. The van der Waals surface area contributed by atoms with Crippen molar-refractivity contribution >= 4 is 23.2 Å². The van der Waals surface area contributed by atoms with Gasteiger partial charge in [0.2, 0.25) is 5.91 Å². The number of nitriles is 1. The number of rotatable bonds is 4. The van der Waals surface area contributed by atoms with Gasteiger partial charge < -0.3 is 10.4 Å². The van der Waals surface area contributed by atoms with Crippen LogP contribution in [0.4, 0.5) is 5.69 Å². The number of amides is 1. The van der Waals surface area contributed by atoms with E-state index in [0.717, 1.165) is 13.0 Å². The highest BCUT2D eigenvalue weighted by molar-refractivity contribution is 6.31.